The first kappa shape index (κ1) is 20.4. The molecule has 0 spiro atoms. The van der Waals surface area contributed by atoms with E-state index in [0.29, 0.717) is 43.6 Å². The molecule has 2 rings (SSSR count). The molecule has 0 fully saturated rings. The minimum Gasteiger partial charge on any atom is -0.493 e. The van der Waals surface area contributed by atoms with Crippen LogP contribution >= 0.6 is 0 Å². The number of amides is 2. The summed E-state index contributed by atoms with van der Waals surface area (Å²) in [6.07, 6.45) is 0.717. The maximum Gasteiger partial charge on any atom is 0.319 e. The van der Waals surface area contributed by atoms with Crippen LogP contribution in [-0.2, 0) is 0 Å². The average molecular weight is 372 g/mol. The molecule has 0 aliphatic carbocycles. The monoisotopic (exact) mass is 372 g/mol. The van der Waals surface area contributed by atoms with Gasteiger partial charge in [-0.2, -0.15) is 0 Å². The molecule has 146 valence electrons. The summed E-state index contributed by atoms with van der Waals surface area (Å²) < 4.78 is 16.8. The lowest BCUT2D eigenvalue weighted by atomic mass is 10.2. The van der Waals surface area contributed by atoms with E-state index < -0.39 is 0 Å². The Hall–Kier alpha value is -2.89. The third kappa shape index (κ3) is 6.73. The van der Waals surface area contributed by atoms with E-state index in [1.54, 1.807) is 18.2 Å². The molecule has 0 radical (unpaired) electrons. The van der Waals surface area contributed by atoms with Crippen LogP contribution in [0.3, 0.4) is 0 Å². The standard InChI is InChI=1S/C21H28N2O4/c1-4-25-19-12-11-17(15-20(19)26-5-2)23-21(24)22-13-8-14-27-18-10-7-6-9-16(18)3/h6-7,9-12,15H,4-5,8,13-14H2,1-3H3,(H2,22,23,24). The van der Waals surface area contributed by atoms with E-state index in [0.717, 1.165) is 17.7 Å². The average Bonchev–Trinajstić information content (AvgIpc) is 2.65. The smallest absolute Gasteiger partial charge is 0.319 e. The van der Waals surface area contributed by atoms with Crippen molar-refractivity contribution in [3.8, 4) is 17.2 Å². The number of carbonyl (C=O) groups excluding carboxylic acids is 1. The normalized spacial score (nSPS) is 10.2. The predicted octanol–water partition coefficient (Wildman–Crippen LogP) is 4.38. The fraction of sp³-hybridized carbons (Fsp3) is 0.381. The quantitative estimate of drug-likeness (QED) is 0.607. The van der Waals surface area contributed by atoms with Gasteiger partial charge in [-0.3, -0.25) is 0 Å². The fourth-order valence-electron chi connectivity index (χ4n) is 2.48. The Balaban J connectivity index is 1.75. The van der Waals surface area contributed by atoms with Gasteiger partial charge in [0.1, 0.15) is 5.75 Å². The summed E-state index contributed by atoms with van der Waals surface area (Å²) in [5.41, 5.74) is 1.75. The number of anilines is 1. The topological polar surface area (TPSA) is 68.8 Å². The molecule has 27 heavy (non-hydrogen) atoms. The molecule has 0 bridgehead atoms. The molecule has 0 aromatic heterocycles. The summed E-state index contributed by atoms with van der Waals surface area (Å²) in [5, 5.41) is 5.62. The van der Waals surface area contributed by atoms with E-state index in [2.05, 4.69) is 10.6 Å². The van der Waals surface area contributed by atoms with Gasteiger partial charge in [-0.05, 0) is 51.0 Å². The number of urea groups is 1. The Morgan fingerprint density at radius 1 is 0.926 bits per heavy atom. The van der Waals surface area contributed by atoms with Gasteiger partial charge >= 0.3 is 6.03 Å². The third-order valence-electron chi connectivity index (χ3n) is 3.76. The molecule has 0 saturated heterocycles. The maximum absolute atomic E-state index is 12.0. The van der Waals surface area contributed by atoms with E-state index in [-0.39, 0.29) is 6.03 Å². The minimum atomic E-state index is -0.266. The number of ether oxygens (including phenoxy) is 3. The van der Waals surface area contributed by atoms with Crippen molar-refractivity contribution in [3.05, 3.63) is 48.0 Å². The summed E-state index contributed by atoms with van der Waals surface area (Å²) >= 11 is 0. The number of para-hydroxylation sites is 1. The Morgan fingerprint density at radius 3 is 2.41 bits per heavy atom. The molecule has 0 atom stereocenters. The molecule has 2 amide bonds. The van der Waals surface area contributed by atoms with Gasteiger partial charge in [0.15, 0.2) is 11.5 Å². The molecule has 0 heterocycles. The second-order valence-corrected chi connectivity index (χ2v) is 5.88. The van der Waals surface area contributed by atoms with Crippen LogP contribution in [0.4, 0.5) is 10.5 Å². The highest BCUT2D eigenvalue weighted by Gasteiger charge is 2.08. The van der Waals surface area contributed by atoms with E-state index >= 15 is 0 Å². The zero-order valence-electron chi connectivity index (χ0n) is 16.2. The fourth-order valence-corrected chi connectivity index (χ4v) is 2.48. The highest BCUT2D eigenvalue weighted by molar-refractivity contribution is 5.89. The highest BCUT2D eigenvalue weighted by Crippen LogP contribution is 2.30. The van der Waals surface area contributed by atoms with Crippen LogP contribution in [0.25, 0.3) is 0 Å². The summed E-state index contributed by atoms with van der Waals surface area (Å²) in [6, 6.07) is 12.9. The molecule has 0 aliphatic heterocycles. The molecule has 6 nitrogen and oxygen atoms in total. The van der Waals surface area contributed by atoms with Crippen LogP contribution in [0, 0.1) is 6.92 Å². The van der Waals surface area contributed by atoms with Gasteiger partial charge in [-0.1, -0.05) is 18.2 Å². The van der Waals surface area contributed by atoms with Gasteiger partial charge in [0.05, 0.1) is 19.8 Å². The Labute approximate surface area is 160 Å². The van der Waals surface area contributed by atoms with Gasteiger partial charge < -0.3 is 24.8 Å². The first-order chi connectivity index (χ1) is 13.1. The lowest BCUT2D eigenvalue weighted by Gasteiger charge is -2.13. The van der Waals surface area contributed by atoms with Crippen molar-refractivity contribution in [2.24, 2.45) is 0 Å². The molecule has 2 N–H and O–H groups in total. The molecule has 0 unspecified atom stereocenters. The Bertz CT molecular complexity index is 734. The number of nitrogens with one attached hydrogen (secondary N) is 2. The van der Waals surface area contributed by atoms with Gasteiger partial charge in [-0.15, -0.1) is 0 Å². The molecular formula is C21H28N2O4. The van der Waals surface area contributed by atoms with Gasteiger partial charge in [0, 0.05) is 18.3 Å². The van der Waals surface area contributed by atoms with Crippen LogP contribution in [0.5, 0.6) is 17.2 Å². The SMILES string of the molecule is CCOc1ccc(NC(=O)NCCCOc2ccccc2C)cc1OCC. The third-order valence-corrected chi connectivity index (χ3v) is 3.76. The van der Waals surface area contributed by atoms with E-state index in [9.17, 15) is 4.79 Å². The lowest BCUT2D eigenvalue weighted by Crippen LogP contribution is -2.30. The zero-order chi connectivity index (χ0) is 19.5. The first-order valence-electron chi connectivity index (χ1n) is 9.27. The van der Waals surface area contributed by atoms with E-state index in [1.807, 2.05) is 45.0 Å². The van der Waals surface area contributed by atoms with Crippen molar-refractivity contribution in [1.29, 1.82) is 0 Å². The van der Waals surface area contributed by atoms with Crippen molar-refractivity contribution in [2.45, 2.75) is 27.2 Å². The van der Waals surface area contributed by atoms with E-state index in [1.165, 1.54) is 0 Å². The number of aryl methyl sites for hydroxylation is 1. The number of carbonyl (C=O) groups is 1. The summed E-state index contributed by atoms with van der Waals surface area (Å²) in [5.74, 6) is 2.15. The number of hydrogen-bond donors (Lipinski definition) is 2. The maximum atomic E-state index is 12.0. The molecule has 0 saturated carbocycles. The summed E-state index contributed by atoms with van der Waals surface area (Å²) in [4.78, 5) is 12.0. The summed E-state index contributed by atoms with van der Waals surface area (Å²) in [6.45, 7) is 7.97. The highest BCUT2D eigenvalue weighted by atomic mass is 16.5. The first-order valence-corrected chi connectivity index (χ1v) is 9.27. The van der Waals surface area contributed by atoms with Crippen LogP contribution in [0.2, 0.25) is 0 Å². The second-order valence-electron chi connectivity index (χ2n) is 5.88. The van der Waals surface area contributed by atoms with Crippen molar-refractivity contribution in [1.82, 2.24) is 5.32 Å². The molecule has 6 heteroatoms. The zero-order valence-corrected chi connectivity index (χ0v) is 16.2. The predicted molar refractivity (Wildman–Crippen MR) is 107 cm³/mol. The number of hydrogen-bond acceptors (Lipinski definition) is 4. The van der Waals surface area contributed by atoms with Gasteiger partial charge in [0.2, 0.25) is 0 Å². The number of rotatable bonds is 10. The number of benzene rings is 2. The molecule has 2 aromatic rings. The largest absolute Gasteiger partial charge is 0.493 e. The van der Waals surface area contributed by atoms with Crippen molar-refractivity contribution in [3.63, 3.8) is 0 Å². The lowest BCUT2D eigenvalue weighted by molar-refractivity contribution is 0.250. The second kappa shape index (κ2) is 11.0. The summed E-state index contributed by atoms with van der Waals surface area (Å²) in [7, 11) is 0. The van der Waals surface area contributed by atoms with Gasteiger partial charge in [0.25, 0.3) is 0 Å². The Morgan fingerprint density at radius 2 is 1.67 bits per heavy atom. The van der Waals surface area contributed by atoms with Crippen LogP contribution < -0.4 is 24.8 Å². The van der Waals surface area contributed by atoms with Crippen LogP contribution in [0.15, 0.2) is 42.5 Å². The van der Waals surface area contributed by atoms with Crippen LogP contribution in [0.1, 0.15) is 25.8 Å². The van der Waals surface area contributed by atoms with Crippen molar-refractivity contribution < 1.29 is 19.0 Å². The van der Waals surface area contributed by atoms with Gasteiger partial charge in [-0.25, -0.2) is 4.79 Å². The van der Waals surface area contributed by atoms with Crippen molar-refractivity contribution in [2.75, 3.05) is 31.7 Å². The molecular weight excluding hydrogens is 344 g/mol. The minimum absolute atomic E-state index is 0.266. The molecule has 0 aliphatic rings. The molecule has 2 aromatic carbocycles. The van der Waals surface area contributed by atoms with Crippen LogP contribution in [-0.4, -0.2) is 32.4 Å². The Kier molecular flexibility index (Phi) is 8.29. The van der Waals surface area contributed by atoms with Crippen molar-refractivity contribution >= 4 is 11.7 Å². The van der Waals surface area contributed by atoms with E-state index in [4.69, 9.17) is 14.2 Å².